The lowest BCUT2D eigenvalue weighted by molar-refractivity contribution is -0.186. The fourth-order valence-electron chi connectivity index (χ4n) is 8.99. The molecule has 0 aromatic carbocycles. The van der Waals surface area contributed by atoms with Crippen molar-refractivity contribution in [2.24, 2.45) is 39.9 Å². The summed E-state index contributed by atoms with van der Waals surface area (Å²) in [6.45, 7) is 4.60. The van der Waals surface area contributed by atoms with Crippen LogP contribution < -0.4 is 0 Å². The van der Waals surface area contributed by atoms with Crippen molar-refractivity contribution in [1.29, 1.82) is 0 Å². The first kappa shape index (κ1) is 22.1. The first-order chi connectivity index (χ1) is 13.8. The highest BCUT2D eigenvalue weighted by atomic mass is 16.5. The van der Waals surface area contributed by atoms with Gasteiger partial charge in [-0.15, -0.1) is 0 Å². The fraction of sp³-hybridized carbons (Fsp3) is 0.739. The Morgan fingerprint density at radius 1 is 1.16 bits per heavy atom. The Kier molecular flexibility index (Phi) is 4.47. The van der Waals surface area contributed by atoms with Gasteiger partial charge in [0.2, 0.25) is 5.91 Å². The molecule has 1 amide bonds. The summed E-state index contributed by atoms with van der Waals surface area (Å²) in [5, 5.41) is 0. The highest BCUT2D eigenvalue weighted by Crippen LogP contribution is 2.77. The maximum absolute atomic E-state index is 14.3. The second kappa shape index (κ2) is 6.25. The van der Waals surface area contributed by atoms with Crippen LogP contribution in [0.5, 0.6) is 0 Å². The van der Waals surface area contributed by atoms with Gasteiger partial charge in [-0.3, -0.25) is 19.2 Å². The minimum atomic E-state index is -1.33. The number of nitrogens with zero attached hydrogens (tertiary/aromatic N) is 1. The average molecular weight is 434 g/mol. The molecule has 170 valence electrons. The maximum Gasteiger partial charge on any atom is 0.322 e. The number of piperidine rings is 1. The lowest BCUT2D eigenvalue weighted by Gasteiger charge is -2.61. The lowest BCUT2D eigenvalue weighted by atomic mass is 9.41. The fourth-order valence-corrected chi connectivity index (χ4v) is 8.99. The molecule has 0 aromatic heterocycles. The molecule has 2 saturated heterocycles. The molecule has 8 atom stereocenters. The summed E-state index contributed by atoms with van der Waals surface area (Å²) in [6, 6.07) is -0.137. The average Bonchev–Trinajstić information content (AvgIpc) is 3.28. The number of ketones is 2. The molecule has 4 aliphatic carbocycles. The lowest BCUT2D eigenvalue weighted by Crippen LogP contribution is -2.68. The number of ether oxygens (including phenoxy) is 1. The van der Waals surface area contributed by atoms with E-state index in [-0.39, 0.29) is 58.1 Å². The van der Waals surface area contributed by atoms with Gasteiger partial charge in [-0.25, -0.2) is 0 Å². The van der Waals surface area contributed by atoms with Crippen molar-refractivity contribution in [2.75, 3.05) is 13.7 Å². The molecule has 6 aliphatic rings. The van der Waals surface area contributed by atoms with Gasteiger partial charge in [-0.1, -0.05) is 19.4 Å². The molecule has 4 N–H and O–H groups in total. The molecule has 3 saturated carbocycles. The van der Waals surface area contributed by atoms with E-state index < -0.39 is 22.2 Å². The van der Waals surface area contributed by atoms with E-state index in [1.807, 2.05) is 11.8 Å². The van der Waals surface area contributed by atoms with Gasteiger partial charge in [-0.2, -0.15) is 0 Å². The van der Waals surface area contributed by atoms with Crippen molar-refractivity contribution in [2.45, 2.75) is 52.0 Å². The number of hydrogen-bond donors (Lipinski definition) is 0. The van der Waals surface area contributed by atoms with Crippen molar-refractivity contribution < 1.29 is 34.9 Å². The monoisotopic (exact) mass is 433 g/mol. The third-order valence-electron chi connectivity index (χ3n) is 10.1. The van der Waals surface area contributed by atoms with Crippen LogP contribution in [0.2, 0.25) is 0 Å². The minimum absolute atomic E-state index is 0. The summed E-state index contributed by atoms with van der Waals surface area (Å²) in [7, 11) is 1.35. The van der Waals surface area contributed by atoms with Crippen LogP contribution in [-0.4, -0.2) is 59.0 Å². The number of Topliss-reactive ketones (excluding diaryl/α,β-unsaturated/α-hetero) is 1. The first-order valence-corrected chi connectivity index (χ1v) is 10.9. The third kappa shape index (κ3) is 1.88. The van der Waals surface area contributed by atoms with Gasteiger partial charge in [0, 0.05) is 41.2 Å². The number of methoxy groups -OCH3 is 1. The summed E-state index contributed by atoms with van der Waals surface area (Å²) < 4.78 is 5.28. The third-order valence-corrected chi connectivity index (χ3v) is 10.1. The van der Waals surface area contributed by atoms with Crippen LogP contribution in [0.4, 0.5) is 0 Å². The largest absolute Gasteiger partial charge is 0.468 e. The predicted molar refractivity (Wildman–Crippen MR) is 109 cm³/mol. The SMILES string of the molecule is COC(=O)[C@@]12CCC3=CC(=O)[C@@H]4CC[C@@]5(C(=O)[C@@H]6C[C@@H](N(C[C@H]6C)C1=O)[C@@]25C)[C@H]34.O.O. The molecule has 0 radical (unpaired) electrons. The Bertz CT molecular complexity index is 942. The number of carbonyl (C=O) groups is 4. The molecule has 8 heteroatoms. The van der Waals surface area contributed by atoms with Gasteiger partial charge in [-0.05, 0) is 44.1 Å². The highest BCUT2D eigenvalue weighted by molar-refractivity contribution is 6.10. The molecule has 6 rings (SSSR count). The maximum atomic E-state index is 14.3. The second-order valence-electron chi connectivity index (χ2n) is 10.5. The van der Waals surface area contributed by atoms with Gasteiger partial charge in [0.15, 0.2) is 11.2 Å². The first-order valence-electron chi connectivity index (χ1n) is 10.9. The summed E-state index contributed by atoms with van der Waals surface area (Å²) >= 11 is 0. The Morgan fingerprint density at radius 2 is 1.87 bits per heavy atom. The minimum Gasteiger partial charge on any atom is -0.468 e. The Balaban J connectivity index is 0.00000116. The van der Waals surface area contributed by atoms with Gasteiger partial charge >= 0.3 is 5.97 Å². The molecule has 5 fully saturated rings. The summed E-state index contributed by atoms with van der Waals surface area (Å²) in [5.74, 6) is -0.644. The molecule has 0 unspecified atom stereocenters. The van der Waals surface area contributed by atoms with Crippen LogP contribution in [0.15, 0.2) is 11.6 Å². The van der Waals surface area contributed by atoms with Gasteiger partial charge in [0.25, 0.3) is 0 Å². The smallest absolute Gasteiger partial charge is 0.322 e. The molecule has 8 nitrogen and oxygen atoms in total. The van der Waals surface area contributed by atoms with Crippen molar-refractivity contribution in [3.8, 4) is 0 Å². The van der Waals surface area contributed by atoms with Crippen LogP contribution in [0.1, 0.15) is 46.0 Å². The molecule has 31 heavy (non-hydrogen) atoms. The molecule has 2 aliphatic heterocycles. The van der Waals surface area contributed by atoms with E-state index in [1.165, 1.54) is 7.11 Å². The van der Waals surface area contributed by atoms with Crippen molar-refractivity contribution in [1.82, 2.24) is 4.90 Å². The van der Waals surface area contributed by atoms with Crippen LogP contribution in [0, 0.1) is 39.9 Å². The molecular formula is C23H31NO7. The van der Waals surface area contributed by atoms with Crippen LogP contribution in [0.3, 0.4) is 0 Å². The number of hydrogen-bond acceptors (Lipinski definition) is 5. The van der Waals surface area contributed by atoms with Crippen molar-refractivity contribution in [3.63, 3.8) is 0 Å². The van der Waals surface area contributed by atoms with E-state index in [1.54, 1.807) is 6.08 Å². The molecule has 2 bridgehead atoms. The number of carbonyl (C=O) groups excluding carboxylic acids is 4. The zero-order chi connectivity index (χ0) is 20.5. The Morgan fingerprint density at radius 3 is 2.55 bits per heavy atom. The number of esters is 1. The van der Waals surface area contributed by atoms with E-state index in [9.17, 15) is 19.2 Å². The van der Waals surface area contributed by atoms with E-state index in [0.29, 0.717) is 38.6 Å². The standard InChI is InChI=1S/C23H27NO5.2H2O/c1-11-10-24-16-9-14(11)18(26)22-7-5-13-15(25)8-12(17(13)22)4-6-23(19(24)27,20(28)29-3)21(16,22)2;;/h8,11,13-14,16-17H,4-7,9-10H2,1-3H3;2*1H2/t11-,13+,14-,16-,17-,21-,22+,23-;;/m1../s1. The highest BCUT2D eigenvalue weighted by Gasteiger charge is 2.85. The predicted octanol–water partition coefficient (Wildman–Crippen LogP) is 0.268. The summed E-state index contributed by atoms with van der Waals surface area (Å²) in [4.78, 5) is 56.3. The van der Waals surface area contributed by atoms with E-state index in [2.05, 4.69) is 6.92 Å². The van der Waals surface area contributed by atoms with Gasteiger partial charge in [0.05, 0.1) is 7.11 Å². The number of amides is 1. The number of rotatable bonds is 1. The van der Waals surface area contributed by atoms with E-state index >= 15 is 0 Å². The van der Waals surface area contributed by atoms with Gasteiger partial charge in [0.1, 0.15) is 5.78 Å². The van der Waals surface area contributed by atoms with E-state index in [0.717, 1.165) is 5.57 Å². The molecule has 1 spiro atoms. The molecule has 0 aromatic rings. The normalized spacial score (nSPS) is 48.4. The topological polar surface area (TPSA) is 144 Å². The number of allylic oxidation sites excluding steroid dienone is 2. The number of fused-ring (bicyclic) bond motifs is 1. The Labute approximate surface area is 181 Å². The second-order valence-corrected chi connectivity index (χ2v) is 10.5. The molecule has 2 heterocycles. The summed E-state index contributed by atoms with van der Waals surface area (Å²) in [6.07, 6.45) is 4.48. The van der Waals surface area contributed by atoms with Crippen LogP contribution >= 0.6 is 0 Å². The van der Waals surface area contributed by atoms with Gasteiger partial charge < -0.3 is 20.6 Å². The van der Waals surface area contributed by atoms with Crippen LogP contribution in [-0.2, 0) is 23.9 Å². The van der Waals surface area contributed by atoms with Crippen LogP contribution in [0.25, 0.3) is 0 Å². The van der Waals surface area contributed by atoms with E-state index in [4.69, 9.17) is 4.74 Å². The summed E-state index contributed by atoms with van der Waals surface area (Å²) in [5.41, 5.74) is -2.00. The zero-order valence-corrected chi connectivity index (χ0v) is 18.2. The zero-order valence-electron chi connectivity index (χ0n) is 18.2. The van der Waals surface area contributed by atoms with Crippen molar-refractivity contribution >= 4 is 23.4 Å². The van der Waals surface area contributed by atoms with Crippen molar-refractivity contribution in [3.05, 3.63) is 11.6 Å². The molecular weight excluding hydrogens is 402 g/mol. The Hall–Kier alpha value is -2.06. The quantitative estimate of drug-likeness (QED) is 0.430.